The Morgan fingerprint density at radius 1 is 1.10 bits per heavy atom. The molecule has 0 aromatic heterocycles. The van der Waals surface area contributed by atoms with Crippen molar-refractivity contribution < 1.29 is 9.59 Å². The van der Waals surface area contributed by atoms with Gasteiger partial charge in [0.05, 0.1) is 0 Å². The predicted octanol–water partition coefficient (Wildman–Crippen LogP) is 2.48. The minimum atomic E-state index is -0.432. The molecule has 0 saturated carbocycles. The van der Waals surface area contributed by atoms with Gasteiger partial charge < -0.3 is 9.80 Å². The third-order valence-electron chi connectivity index (χ3n) is 3.40. The van der Waals surface area contributed by atoms with Gasteiger partial charge in [-0.3, -0.25) is 9.59 Å². The van der Waals surface area contributed by atoms with Crippen LogP contribution < -0.4 is 0 Å². The monoisotopic (exact) mass is 306 g/mol. The van der Waals surface area contributed by atoms with E-state index in [1.807, 2.05) is 32.1 Å². The Bertz CT molecular complexity index is 562. The van der Waals surface area contributed by atoms with Crippen molar-refractivity contribution >= 4 is 23.4 Å². The van der Waals surface area contributed by atoms with Gasteiger partial charge in [-0.2, -0.15) is 0 Å². The van der Waals surface area contributed by atoms with Gasteiger partial charge in [-0.05, 0) is 31.5 Å². The maximum Gasteiger partial charge on any atom is 0.312 e. The van der Waals surface area contributed by atoms with Crippen LogP contribution in [0.5, 0.6) is 0 Å². The average Bonchev–Trinajstić information content (AvgIpc) is 2.45. The van der Waals surface area contributed by atoms with E-state index in [2.05, 4.69) is 0 Å². The van der Waals surface area contributed by atoms with Crippen molar-refractivity contribution in [2.24, 2.45) is 0 Å². The molecule has 0 unspecified atom stereocenters. The van der Waals surface area contributed by atoms with Crippen molar-refractivity contribution in [1.29, 1.82) is 0 Å². The van der Waals surface area contributed by atoms with Crippen molar-refractivity contribution in [2.45, 2.75) is 20.4 Å². The Kier molecular flexibility index (Phi) is 5.02. The number of carbonyl (C=O) groups is 2. The average molecular weight is 307 g/mol. The van der Waals surface area contributed by atoms with Crippen LogP contribution >= 0.6 is 11.6 Å². The van der Waals surface area contributed by atoms with Crippen LogP contribution in [-0.2, 0) is 16.1 Å². The van der Waals surface area contributed by atoms with Crippen LogP contribution in [0.25, 0.3) is 0 Å². The number of benzene rings is 1. The molecule has 4 nitrogen and oxygen atoms in total. The quantitative estimate of drug-likeness (QED) is 0.633. The van der Waals surface area contributed by atoms with Gasteiger partial charge in [-0.1, -0.05) is 35.4 Å². The van der Waals surface area contributed by atoms with Crippen LogP contribution in [0.3, 0.4) is 0 Å². The van der Waals surface area contributed by atoms with Gasteiger partial charge in [0, 0.05) is 31.2 Å². The Hall–Kier alpha value is -1.81. The molecule has 1 aliphatic heterocycles. The SMILES string of the molecule is CC(C)=CCN1CCN(Cc2ccc(Cl)cc2)C(=O)C1=O. The fraction of sp³-hybridized carbons (Fsp3) is 0.375. The van der Waals surface area contributed by atoms with E-state index in [0.29, 0.717) is 31.2 Å². The number of rotatable bonds is 4. The van der Waals surface area contributed by atoms with Crippen molar-refractivity contribution in [3.63, 3.8) is 0 Å². The zero-order chi connectivity index (χ0) is 15.4. The molecule has 2 amide bonds. The van der Waals surface area contributed by atoms with E-state index in [0.717, 1.165) is 11.1 Å². The van der Waals surface area contributed by atoms with Crippen LogP contribution in [0.15, 0.2) is 35.9 Å². The van der Waals surface area contributed by atoms with Gasteiger partial charge in [0.2, 0.25) is 0 Å². The molecule has 0 spiro atoms. The molecule has 0 atom stereocenters. The first kappa shape index (κ1) is 15.6. The number of halogens is 1. The standard InChI is InChI=1S/C16H19ClN2O2/c1-12(2)7-8-18-9-10-19(16(21)15(18)20)11-13-3-5-14(17)6-4-13/h3-7H,8-11H2,1-2H3. The summed E-state index contributed by atoms with van der Waals surface area (Å²) < 4.78 is 0. The van der Waals surface area contributed by atoms with Gasteiger partial charge in [-0.15, -0.1) is 0 Å². The third kappa shape index (κ3) is 4.08. The highest BCUT2D eigenvalue weighted by Gasteiger charge is 2.31. The Labute approximate surface area is 130 Å². The summed E-state index contributed by atoms with van der Waals surface area (Å²) in [6.45, 7) is 6.03. The van der Waals surface area contributed by atoms with E-state index in [9.17, 15) is 9.59 Å². The Morgan fingerprint density at radius 2 is 1.67 bits per heavy atom. The fourth-order valence-corrected chi connectivity index (χ4v) is 2.27. The summed E-state index contributed by atoms with van der Waals surface area (Å²) in [5, 5.41) is 0.660. The van der Waals surface area contributed by atoms with Crippen LogP contribution in [-0.4, -0.2) is 41.2 Å². The maximum absolute atomic E-state index is 12.1. The van der Waals surface area contributed by atoms with Crippen LogP contribution in [0.2, 0.25) is 5.02 Å². The highest BCUT2D eigenvalue weighted by Crippen LogP contribution is 2.14. The minimum absolute atomic E-state index is 0.423. The molecule has 1 fully saturated rings. The number of nitrogens with zero attached hydrogens (tertiary/aromatic N) is 2. The van der Waals surface area contributed by atoms with Crippen LogP contribution in [0, 0.1) is 0 Å². The summed E-state index contributed by atoms with van der Waals surface area (Å²) in [5.41, 5.74) is 2.11. The smallest absolute Gasteiger partial charge is 0.312 e. The second kappa shape index (κ2) is 6.76. The van der Waals surface area contributed by atoms with Crippen molar-refractivity contribution in [3.05, 3.63) is 46.5 Å². The largest absolute Gasteiger partial charge is 0.329 e. The lowest BCUT2D eigenvalue weighted by molar-refractivity contribution is -0.156. The maximum atomic E-state index is 12.1. The molecule has 0 bridgehead atoms. The molecule has 1 saturated heterocycles. The molecule has 0 N–H and O–H groups in total. The molecule has 21 heavy (non-hydrogen) atoms. The Morgan fingerprint density at radius 3 is 2.29 bits per heavy atom. The zero-order valence-electron chi connectivity index (χ0n) is 12.3. The molecule has 5 heteroatoms. The highest BCUT2D eigenvalue weighted by molar-refractivity contribution is 6.35. The topological polar surface area (TPSA) is 40.6 Å². The number of amides is 2. The van der Waals surface area contributed by atoms with Gasteiger partial charge in [0.25, 0.3) is 0 Å². The molecule has 0 aliphatic carbocycles. The lowest BCUT2D eigenvalue weighted by atomic mass is 10.2. The second-order valence-corrected chi connectivity index (χ2v) is 5.82. The summed E-state index contributed by atoms with van der Waals surface area (Å²) >= 11 is 5.84. The molecular formula is C16H19ClN2O2. The molecule has 1 aromatic carbocycles. The summed E-state index contributed by atoms with van der Waals surface area (Å²) in [5.74, 6) is -0.855. The number of allylic oxidation sites excluding steroid dienone is 1. The predicted molar refractivity (Wildman–Crippen MR) is 82.9 cm³/mol. The zero-order valence-corrected chi connectivity index (χ0v) is 13.1. The van der Waals surface area contributed by atoms with Crippen molar-refractivity contribution in [3.8, 4) is 0 Å². The molecule has 1 aromatic rings. The second-order valence-electron chi connectivity index (χ2n) is 5.39. The number of hydrogen-bond donors (Lipinski definition) is 0. The molecule has 2 rings (SSSR count). The molecular weight excluding hydrogens is 288 g/mol. The minimum Gasteiger partial charge on any atom is -0.329 e. The van der Waals surface area contributed by atoms with Crippen LogP contribution in [0.1, 0.15) is 19.4 Å². The normalized spacial score (nSPS) is 15.4. The van der Waals surface area contributed by atoms with Gasteiger partial charge in [0.15, 0.2) is 0 Å². The van der Waals surface area contributed by atoms with Crippen molar-refractivity contribution in [2.75, 3.05) is 19.6 Å². The highest BCUT2D eigenvalue weighted by atomic mass is 35.5. The summed E-state index contributed by atoms with van der Waals surface area (Å²) in [6, 6.07) is 7.31. The lowest BCUT2D eigenvalue weighted by Gasteiger charge is -2.33. The van der Waals surface area contributed by atoms with E-state index in [1.54, 1.807) is 21.9 Å². The first-order chi connectivity index (χ1) is 9.97. The van der Waals surface area contributed by atoms with E-state index < -0.39 is 11.8 Å². The van der Waals surface area contributed by atoms with E-state index >= 15 is 0 Å². The van der Waals surface area contributed by atoms with Gasteiger partial charge >= 0.3 is 11.8 Å². The third-order valence-corrected chi connectivity index (χ3v) is 3.66. The van der Waals surface area contributed by atoms with E-state index in [1.165, 1.54) is 0 Å². The lowest BCUT2D eigenvalue weighted by Crippen LogP contribution is -2.53. The van der Waals surface area contributed by atoms with E-state index in [4.69, 9.17) is 11.6 Å². The first-order valence-corrected chi connectivity index (χ1v) is 7.31. The van der Waals surface area contributed by atoms with Crippen LogP contribution in [0.4, 0.5) is 0 Å². The summed E-state index contributed by atoms with van der Waals surface area (Å²) in [4.78, 5) is 27.4. The number of piperazine rings is 1. The molecule has 1 aliphatic rings. The van der Waals surface area contributed by atoms with Gasteiger partial charge in [0.1, 0.15) is 0 Å². The van der Waals surface area contributed by atoms with Gasteiger partial charge in [-0.25, -0.2) is 0 Å². The van der Waals surface area contributed by atoms with E-state index in [-0.39, 0.29) is 0 Å². The summed E-state index contributed by atoms with van der Waals surface area (Å²) in [6.07, 6.45) is 1.96. The fourth-order valence-electron chi connectivity index (χ4n) is 2.14. The molecule has 0 radical (unpaired) electrons. The number of carbonyl (C=O) groups excluding carboxylic acids is 2. The first-order valence-electron chi connectivity index (χ1n) is 6.93. The summed E-state index contributed by atoms with van der Waals surface area (Å²) in [7, 11) is 0. The molecule has 1 heterocycles. The number of hydrogen-bond acceptors (Lipinski definition) is 2. The molecule has 112 valence electrons. The Balaban J connectivity index is 1.99. The van der Waals surface area contributed by atoms with Crippen molar-refractivity contribution in [1.82, 2.24) is 9.80 Å².